The van der Waals surface area contributed by atoms with Gasteiger partial charge in [0.05, 0.1) is 43.0 Å². The van der Waals surface area contributed by atoms with Gasteiger partial charge in [0.2, 0.25) is 5.91 Å². The molecule has 57 heavy (non-hydrogen) atoms. The zero-order valence-electron chi connectivity index (χ0n) is 35.1. The molecule has 2 atom stereocenters. The first-order valence-corrected chi connectivity index (χ1v) is 23.1. The van der Waals surface area contributed by atoms with E-state index in [1.54, 1.807) is 20.8 Å². The van der Waals surface area contributed by atoms with Crippen molar-refractivity contribution in [3.63, 3.8) is 0 Å². The van der Waals surface area contributed by atoms with Crippen molar-refractivity contribution >= 4 is 79.7 Å². The molecule has 0 radical (unpaired) electrons. The smallest absolute Gasteiger partial charge is 0.264 e. The Labute approximate surface area is 375 Å². The van der Waals surface area contributed by atoms with E-state index in [0.29, 0.717) is 30.1 Å². The third-order valence-electron chi connectivity index (χ3n) is 6.74. The van der Waals surface area contributed by atoms with Gasteiger partial charge < -0.3 is 29.7 Å². The molecule has 0 saturated carbocycles. The lowest BCUT2D eigenvalue weighted by Crippen LogP contribution is -2.39. The highest BCUT2D eigenvalue weighted by Crippen LogP contribution is 2.38. The normalized spacial score (nSPS) is 13.8. The summed E-state index contributed by atoms with van der Waals surface area (Å²) in [6.07, 6.45) is 7.34. The minimum absolute atomic E-state index is 0.0560. The third-order valence-corrected chi connectivity index (χ3v) is 9.90. The van der Waals surface area contributed by atoms with Gasteiger partial charge in [-0.2, -0.15) is 8.42 Å². The number of aliphatic hydroxyl groups excluding tert-OH is 2. The number of nitrogens with one attached hydrogen (secondary N) is 1. The number of halogens is 4. The number of nitrogens with zero attached hydrogens (tertiary/aromatic N) is 1. The van der Waals surface area contributed by atoms with Crippen molar-refractivity contribution in [1.29, 1.82) is 0 Å². The summed E-state index contributed by atoms with van der Waals surface area (Å²) >= 11 is 14.3. The highest BCUT2D eigenvalue weighted by molar-refractivity contribution is 9.11. The van der Waals surface area contributed by atoms with E-state index in [1.165, 1.54) is 19.2 Å². The number of rotatable bonds is 14. The first-order valence-electron chi connectivity index (χ1n) is 18.1. The Morgan fingerprint density at radius 2 is 1.35 bits per heavy atom. The first-order chi connectivity index (χ1) is 26.0. The number of aliphatic hydroxyl groups is 2. The Kier molecular flexibility index (Phi) is 25.3. The van der Waals surface area contributed by atoms with Gasteiger partial charge in [0.25, 0.3) is 10.1 Å². The van der Waals surface area contributed by atoms with Gasteiger partial charge in [0, 0.05) is 36.7 Å². The van der Waals surface area contributed by atoms with Crippen molar-refractivity contribution in [2.45, 2.75) is 98.4 Å². The maximum Gasteiger partial charge on any atom is 0.264 e. The maximum atomic E-state index is 10.6. The van der Waals surface area contributed by atoms with Crippen LogP contribution >= 0.6 is 63.7 Å². The lowest BCUT2D eigenvalue weighted by Gasteiger charge is -2.18. The minimum Gasteiger partial charge on any atom is -0.491 e. The van der Waals surface area contributed by atoms with Crippen molar-refractivity contribution < 1.29 is 41.8 Å². The molecule has 1 fully saturated rings. The first kappa shape index (κ1) is 55.5. The van der Waals surface area contributed by atoms with Crippen molar-refractivity contribution in [1.82, 2.24) is 10.2 Å². The van der Waals surface area contributed by atoms with Crippen LogP contribution in [0.15, 0.2) is 54.8 Å². The predicted octanol–water partition coefficient (Wildman–Crippen LogP) is 8.67. The van der Waals surface area contributed by atoms with Crippen molar-refractivity contribution in [3.8, 4) is 23.8 Å². The molecule has 0 aliphatic carbocycles. The molecule has 2 unspecified atom stereocenters. The van der Waals surface area contributed by atoms with Crippen LogP contribution in [0.2, 0.25) is 0 Å². The van der Waals surface area contributed by atoms with E-state index < -0.39 is 21.8 Å². The van der Waals surface area contributed by atoms with E-state index in [4.69, 9.17) is 20.6 Å². The second-order valence-corrected chi connectivity index (χ2v) is 21.2. The number of amides is 1. The van der Waals surface area contributed by atoms with Gasteiger partial charge >= 0.3 is 0 Å². The Bertz CT molecular complexity index is 1660. The highest BCUT2D eigenvalue weighted by Gasteiger charge is 2.29. The molecule has 1 aliphatic heterocycles. The molecule has 1 amide bonds. The average Bonchev–Trinajstić information content (AvgIpc) is 3.89. The van der Waals surface area contributed by atoms with E-state index in [2.05, 4.69) is 111 Å². The standard InChI is InChI=1S/C23H24Br4O5.C7H13NO.C6H13N.C5H12O3S/c1-3-4-30-12-17(29)13-32-23-20(26)8-16(9-21(23)27)5-15-6-18(24)22(19(25)7-15)31-11-14(2)10-28;1-5-6(9)8-7(2,3)4;1-6(2,3)7-4-5-7;1-5(2,3)8-9(4,6)7/h1,6-9,14,17,28-29H,4-5,10-13H2,2H3;5H,1H2,2-4H3,(H,8,9);4-5H2,1-3H3;1-4H3. The lowest BCUT2D eigenvalue weighted by molar-refractivity contribution is -0.117. The van der Waals surface area contributed by atoms with Gasteiger partial charge in [-0.3, -0.25) is 13.9 Å². The largest absolute Gasteiger partial charge is 0.491 e. The number of hydrogen-bond donors (Lipinski definition) is 3. The molecule has 16 heteroatoms. The summed E-state index contributed by atoms with van der Waals surface area (Å²) < 4.78 is 45.4. The fourth-order valence-electron chi connectivity index (χ4n) is 4.30. The molecular weight excluding hydrogens is 1020 g/mol. The number of ether oxygens (including phenoxy) is 3. The summed E-state index contributed by atoms with van der Waals surface area (Å²) in [7, 11) is -3.28. The van der Waals surface area contributed by atoms with Crippen LogP contribution < -0.4 is 14.8 Å². The molecule has 0 spiro atoms. The van der Waals surface area contributed by atoms with Crippen molar-refractivity contribution in [2.24, 2.45) is 5.92 Å². The second kappa shape index (κ2) is 26.0. The average molecular weight is 1080 g/mol. The maximum absolute atomic E-state index is 10.6. The van der Waals surface area contributed by atoms with Crippen molar-refractivity contribution in [3.05, 3.63) is 65.9 Å². The zero-order valence-corrected chi connectivity index (χ0v) is 42.3. The topological polar surface area (TPSA) is 144 Å². The summed E-state index contributed by atoms with van der Waals surface area (Å²) in [5.41, 5.74) is 1.84. The molecule has 3 N–H and O–H groups in total. The van der Waals surface area contributed by atoms with Crippen LogP contribution in [0.4, 0.5) is 0 Å². The molecule has 2 aromatic rings. The molecule has 3 rings (SSSR count). The van der Waals surface area contributed by atoms with Crippen LogP contribution in [-0.2, 0) is 30.3 Å². The predicted molar refractivity (Wildman–Crippen MR) is 244 cm³/mol. The second-order valence-electron chi connectivity index (χ2n) is 16.2. The summed E-state index contributed by atoms with van der Waals surface area (Å²) in [6, 6.07) is 8.00. The quantitative estimate of drug-likeness (QED) is 0.0553. The number of carbonyl (C=O) groups is 1. The third kappa shape index (κ3) is 27.8. The number of hydrogen-bond acceptors (Lipinski definition) is 10. The van der Waals surface area contributed by atoms with E-state index in [-0.39, 0.29) is 43.8 Å². The van der Waals surface area contributed by atoms with Gasteiger partial charge in [-0.25, -0.2) is 0 Å². The lowest BCUT2D eigenvalue weighted by atomic mass is 10.0. The molecule has 2 aromatic carbocycles. The minimum atomic E-state index is -3.28. The summed E-state index contributed by atoms with van der Waals surface area (Å²) in [4.78, 5) is 13.0. The Balaban J connectivity index is 0.00000100. The van der Waals surface area contributed by atoms with E-state index in [1.807, 2.05) is 52.0 Å². The van der Waals surface area contributed by atoms with Crippen LogP contribution in [0.25, 0.3) is 0 Å². The van der Waals surface area contributed by atoms with Crippen LogP contribution in [0.5, 0.6) is 11.5 Å². The van der Waals surface area contributed by atoms with Gasteiger partial charge in [-0.05, 0) is 174 Å². The summed E-state index contributed by atoms with van der Waals surface area (Å²) in [6.45, 7) is 26.3. The molecule has 0 aromatic heterocycles. The molecule has 11 nitrogen and oxygen atoms in total. The molecule has 1 aliphatic rings. The molecular formula is C41H62Br4N2O9S. The van der Waals surface area contributed by atoms with Gasteiger partial charge in [-0.1, -0.05) is 19.4 Å². The zero-order chi connectivity index (χ0) is 44.4. The Morgan fingerprint density at radius 1 is 0.912 bits per heavy atom. The number of benzene rings is 2. The van der Waals surface area contributed by atoms with E-state index in [0.717, 1.165) is 35.3 Å². The van der Waals surface area contributed by atoms with Crippen molar-refractivity contribution in [2.75, 3.05) is 52.4 Å². The summed E-state index contributed by atoms with van der Waals surface area (Å²) in [5, 5.41) is 21.8. The Hall–Kier alpha value is -1.52. The van der Waals surface area contributed by atoms with E-state index >= 15 is 0 Å². The summed E-state index contributed by atoms with van der Waals surface area (Å²) in [5.74, 6) is 3.60. The van der Waals surface area contributed by atoms with E-state index in [9.17, 15) is 23.4 Å². The molecule has 1 saturated heterocycles. The van der Waals surface area contributed by atoms with Gasteiger partial charge in [0.15, 0.2) is 0 Å². The molecule has 324 valence electrons. The SMILES string of the molecule is C#CCOCC(O)COc1c(Br)cc(Cc2cc(Br)c(OCC(C)CO)c(Br)c2)cc1Br.C=CC(=O)NC(C)(C)C.CC(C)(C)N1CC1.CC(C)(C)OS(C)(=O)=O. The van der Waals surface area contributed by atoms with Crippen LogP contribution in [0.3, 0.4) is 0 Å². The van der Waals surface area contributed by atoms with Crippen LogP contribution in [-0.4, -0.2) is 105 Å². The highest BCUT2D eigenvalue weighted by atomic mass is 79.9. The van der Waals surface area contributed by atoms with Crippen LogP contribution in [0.1, 0.15) is 80.4 Å². The fourth-order valence-corrected chi connectivity index (χ4v) is 8.22. The number of terminal acetylenes is 1. The molecule has 0 bridgehead atoms. The monoisotopic (exact) mass is 1070 g/mol. The Morgan fingerprint density at radius 3 is 1.61 bits per heavy atom. The van der Waals surface area contributed by atoms with Crippen LogP contribution in [0, 0.1) is 18.3 Å². The molecule has 1 heterocycles. The van der Waals surface area contributed by atoms with Gasteiger partial charge in [0.1, 0.15) is 30.8 Å². The fraction of sp³-hybridized carbons (Fsp3) is 0.585. The van der Waals surface area contributed by atoms with Gasteiger partial charge in [-0.15, -0.1) is 6.42 Å². The number of carbonyl (C=O) groups excluding carboxylic acids is 1.